The van der Waals surface area contributed by atoms with E-state index in [-0.39, 0.29) is 6.10 Å². The topological polar surface area (TPSA) is 46.5 Å². The Bertz CT molecular complexity index is 121. The van der Waals surface area contributed by atoms with E-state index in [0.29, 0.717) is 6.42 Å². The molecule has 0 aliphatic carbocycles. The Morgan fingerprint density at radius 2 is 2.33 bits per heavy atom. The highest BCUT2D eigenvalue weighted by atomic mass is 16.5. The Morgan fingerprint density at radius 3 is 2.56 bits per heavy atom. The van der Waals surface area contributed by atoms with E-state index in [2.05, 4.69) is 0 Å². The normalized spacial score (nSPS) is 34.8. The van der Waals surface area contributed by atoms with Crippen molar-refractivity contribution in [1.29, 1.82) is 0 Å². The summed E-state index contributed by atoms with van der Waals surface area (Å²) in [5.74, 6) is -0.834. The summed E-state index contributed by atoms with van der Waals surface area (Å²) in [6.45, 7) is 1.89. The fourth-order valence-electron chi connectivity index (χ4n) is 0.984. The van der Waals surface area contributed by atoms with Gasteiger partial charge in [-0.25, -0.2) is 4.79 Å². The zero-order valence-corrected chi connectivity index (χ0v) is 5.33. The van der Waals surface area contributed by atoms with Crippen LogP contribution in [0.15, 0.2) is 0 Å². The molecule has 0 aromatic heterocycles. The molecule has 0 amide bonds. The van der Waals surface area contributed by atoms with Crippen molar-refractivity contribution in [3.8, 4) is 0 Å². The Kier molecular flexibility index (Phi) is 1.71. The maximum Gasteiger partial charge on any atom is 0.332 e. The smallest absolute Gasteiger partial charge is 0.332 e. The van der Waals surface area contributed by atoms with Crippen LogP contribution in [-0.2, 0) is 9.53 Å². The standard InChI is InChI=1S/C6H10O3/c1-4-2-3-5(9-4)6(7)8/h4-5H,2-3H2,1H3,(H,7,8)/t4-,5?/m1/s1. The van der Waals surface area contributed by atoms with Gasteiger partial charge in [0.1, 0.15) is 0 Å². The lowest BCUT2D eigenvalue weighted by molar-refractivity contribution is -0.149. The van der Waals surface area contributed by atoms with Crippen molar-refractivity contribution in [2.45, 2.75) is 32.0 Å². The van der Waals surface area contributed by atoms with Crippen molar-refractivity contribution in [2.24, 2.45) is 0 Å². The first kappa shape index (κ1) is 6.55. The van der Waals surface area contributed by atoms with Gasteiger partial charge in [0, 0.05) is 0 Å². The van der Waals surface area contributed by atoms with E-state index >= 15 is 0 Å². The number of carboxylic acids is 1. The van der Waals surface area contributed by atoms with Gasteiger partial charge in [-0.15, -0.1) is 0 Å². The first-order chi connectivity index (χ1) is 4.20. The monoisotopic (exact) mass is 130 g/mol. The lowest BCUT2D eigenvalue weighted by Crippen LogP contribution is -2.19. The second-order valence-electron chi connectivity index (χ2n) is 2.35. The molecule has 1 N–H and O–H groups in total. The molecule has 52 valence electrons. The summed E-state index contributed by atoms with van der Waals surface area (Å²) in [6, 6.07) is 0. The van der Waals surface area contributed by atoms with Crippen LogP contribution in [-0.4, -0.2) is 23.3 Å². The first-order valence-corrected chi connectivity index (χ1v) is 3.08. The fourth-order valence-corrected chi connectivity index (χ4v) is 0.984. The molecule has 2 atom stereocenters. The summed E-state index contributed by atoms with van der Waals surface area (Å²) in [5, 5.41) is 8.41. The average Bonchev–Trinajstić information content (AvgIpc) is 2.14. The van der Waals surface area contributed by atoms with Gasteiger partial charge in [-0.05, 0) is 19.8 Å². The molecule has 0 aromatic rings. The second-order valence-corrected chi connectivity index (χ2v) is 2.35. The third kappa shape index (κ3) is 1.42. The number of carbonyl (C=O) groups is 1. The Labute approximate surface area is 53.6 Å². The van der Waals surface area contributed by atoms with Gasteiger partial charge in [0.05, 0.1) is 6.10 Å². The van der Waals surface area contributed by atoms with Gasteiger partial charge in [0.2, 0.25) is 0 Å². The van der Waals surface area contributed by atoms with Gasteiger partial charge in [-0.3, -0.25) is 0 Å². The quantitative estimate of drug-likeness (QED) is 0.566. The first-order valence-electron chi connectivity index (χ1n) is 3.08. The molecule has 0 spiro atoms. The predicted octanol–water partition coefficient (Wildman–Crippen LogP) is 0.639. The van der Waals surface area contributed by atoms with E-state index in [1.165, 1.54) is 0 Å². The lowest BCUT2D eigenvalue weighted by atomic mass is 10.2. The van der Waals surface area contributed by atoms with Gasteiger partial charge in [-0.1, -0.05) is 0 Å². The number of hydrogen-bond donors (Lipinski definition) is 1. The van der Waals surface area contributed by atoms with Crippen molar-refractivity contribution in [2.75, 3.05) is 0 Å². The lowest BCUT2D eigenvalue weighted by Gasteiger charge is -2.03. The molecule has 0 saturated carbocycles. The van der Waals surface area contributed by atoms with Crippen molar-refractivity contribution >= 4 is 5.97 Å². The molecule has 1 rings (SSSR count). The molecule has 1 fully saturated rings. The molecule has 1 unspecified atom stereocenters. The zero-order chi connectivity index (χ0) is 6.85. The minimum Gasteiger partial charge on any atom is -0.479 e. The molecule has 1 heterocycles. The third-order valence-corrected chi connectivity index (χ3v) is 1.51. The van der Waals surface area contributed by atoms with Crippen LogP contribution < -0.4 is 0 Å². The van der Waals surface area contributed by atoms with E-state index in [9.17, 15) is 4.79 Å². The molecule has 1 saturated heterocycles. The number of aliphatic carboxylic acids is 1. The molecule has 3 nitrogen and oxygen atoms in total. The summed E-state index contributed by atoms with van der Waals surface area (Å²) < 4.78 is 5.02. The molecule has 0 aromatic carbocycles. The van der Waals surface area contributed by atoms with Gasteiger partial charge >= 0.3 is 5.97 Å². The summed E-state index contributed by atoms with van der Waals surface area (Å²) in [7, 11) is 0. The van der Waals surface area contributed by atoms with E-state index in [0.717, 1.165) is 6.42 Å². The van der Waals surface area contributed by atoms with Crippen LogP contribution in [0, 0.1) is 0 Å². The highest BCUT2D eigenvalue weighted by Crippen LogP contribution is 2.18. The van der Waals surface area contributed by atoms with E-state index in [4.69, 9.17) is 9.84 Å². The maximum atomic E-state index is 10.2. The Hall–Kier alpha value is -0.570. The van der Waals surface area contributed by atoms with Crippen LogP contribution in [0.3, 0.4) is 0 Å². The number of rotatable bonds is 1. The maximum absolute atomic E-state index is 10.2. The highest BCUT2D eigenvalue weighted by Gasteiger charge is 2.27. The summed E-state index contributed by atoms with van der Waals surface area (Å²) >= 11 is 0. The van der Waals surface area contributed by atoms with Gasteiger partial charge in [0.25, 0.3) is 0 Å². The SMILES string of the molecule is C[C@@H]1CCC(C(=O)O)O1. The predicted molar refractivity (Wildman–Crippen MR) is 31.2 cm³/mol. The number of ether oxygens (including phenoxy) is 1. The molecule has 0 radical (unpaired) electrons. The van der Waals surface area contributed by atoms with Crippen LogP contribution in [0.1, 0.15) is 19.8 Å². The largest absolute Gasteiger partial charge is 0.479 e. The molecule has 1 aliphatic heterocycles. The van der Waals surface area contributed by atoms with Crippen molar-refractivity contribution in [1.82, 2.24) is 0 Å². The zero-order valence-electron chi connectivity index (χ0n) is 5.33. The summed E-state index contributed by atoms with van der Waals surface area (Å²) in [6.07, 6.45) is 1.12. The minimum absolute atomic E-state index is 0.131. The Balaban J connectivity index is 2.39. The van der Waals surface area contributed by atoms with Crippen molar-refractivity contribution in [3.05, 3.63) is 0 Å². The minimum atomic E-state index is -0.834. The van der Waals surface area contributed by atoms with Crippen LogP contribution >= 0.6 is 0 Å². The Morgan fingerprint density at radius 1 is 1.67 bits per heavy atom. The fraction of sp³-hybridized carbons (Fsp3) is 0.833. The van der Waals surface area contributed by atoms with Gasteiger partial charge < -0.3 is 9.84 Å². The van der Waals surface area contributed by atoms with Crippen LogP contribution in [0.2, 0.25) is 0 Å². The molecular formula is C6H10O3. The molecule has 0 bridgehead atoms. The molecule has 9 heavy (non-hydrogen) atoms. The number of carboxylic acid groups (broad SMARTS) is 1. The molecule has 3 heteroatoms. The molecular weight excluding hydrogens is 120 g/mol. The highest BCUT2D eigenvalue weighted by molar-refractivity contribution is 5.72. The second kappa shape index (κ2) is 2.35. The van der Waals surface area contributed by atoms with Crippen LogP contribution in [0.5, 0.6) is 0 Å². The number of hydrogen-bond acceptors (Lipinski definition) is 2. The van der Waals surface area contributed by atoms with Crippen molar-refractivity contribution in [3.63, 3.8) is 0 Å². The van der Waals surface area contributed by atoms with Gasteiger partial charge in [0.15, 0.2) is 6.10 Å². The van der Waals surface area contributed by atoms with Gasteiger partial charge in [-0.2, -0.15) is 0 Å². The van der Waals surface area contributed by atoms with Crippen LogP contribution in [0.25, 0.3) is 0 Å². The van der Waals surface area contributed by atoms with Crippen LogP contribution in [0.4, 0.5) is 0 Å². The summed E-state index contributed by atoms with van der Waals surface area (Å²) in [4.78, 5) is 10.2. The van der Waals surface area contributed by atoms with E-state index in [1.807, 2.05) is 6.92 Å². The summed E-state index contributed by atoms with van der Waals surface area (Å²) in [5.41, 5.74) is 0. The third-order valence-electron chi connectivity index (χ3n) is 1.51. The van der Waals surface area contributed by atoms with E-state index < -0.39 is 12.1 Å². The average molecular weight is 130 g/mol. The molecule has 1 aliphatic rings. The van der Waals surface area contributed by atoms with Crippen molar-refractivity contribution < 1.29 is 14.6 Å². The van der Waals surface area contributed by atoms with E-state index in [1.54, 1.807) is 0 Å².